The zero-order chi connectivity index (χ0) is 8.10. The molecule has 0 aromatic heterocycles. The van der Waals surface area contributed by atoms with Crippen molar-refractivity contribution in [3.63, 3.8) is 0 Å². The molecule has 1 rings (SSSR count). The van der Waals surface area contributed by atoms with Gasteiger partial charge >= 0.3 is 0 Å². The molecule has 0 aromatic rings. The number of hydrogen-bond donors (Lipinski definition) is 0. The van der Waals surface area contributed by atoms with Crippen LogP contribution in [0.3, 0.4) is 0 Å². The molecule has 0 amide bonds. The van der Waals surface area contributed by atoms with Gasteiger partial charge in [0.15, 0.2) is 0 Å². The highest BCUT2D eigenvalue weighted by Crippen LogP contribution is 2.30. The summed E-state index contributed by atoms with van der Waals surface area (Å²) in [6.45, 7) is 4.26. The lowest BCUT2D eigenvalue weighted by Gasteiger charge is -2.15. The second kappa shape index (κ2) is 4.45. The van der Waals surface area contributed by atoms with Crippen molar-refractivity contribution in [1.29, 1.82) is 0 Å². The zero-order valence-corrected chi connectivity index (χ0v) is 7.95. The third kappa shape index (κ3) is 2.26. The molecule has 0 saturated heterocycles. The molecule has 11 heavy (non-hydrogen) atoms. The van der Waals surface area contributed by atoms with E-state index in [4.69, 9.17) is 0 Å². The molecule has 0 bridgehead atoms. The Morgan fingerprint density at radius 3 is 2.82 bits per heavy atom. The SMILES string of the molecule is C/C=C\C=C(/CC)C1=CSC1. The fraction of sp³-hybridized carbons (Fsp3) is 0.400. The molecule has 0 atom stereocenters. The number of thioether (sulfide) groups is 1. The van der Waals surface area contributed by atoms with Gasteiger partial charge < -0.3 is 0 Å². The molecule has 0 aliphatic carbocycles. The van der Waals surface area contributed by atoms with E-state index in [1.54, 1.807) is 0 Å². The molecule has 0 radical (unpaired) electrons. The molecular weight excluding hydrogens is 152 g/mol. The van der Waals surface area contributed by atoms with Crippen LogP contribution in [-0.2, 0) is 0 Å². The minimum Gasteiger partial charge on any atom is -0.129 e. The third-order valence-electron chi connectivity index (χ3n) is 1.75. The van der Waals surface area contributed by atoms with Gasteiger partial charge in [-0.05, 0) is 29.9 Å². The Bertz CT molecular complexity index is 209. The minimum absolute atomic E-state index is 1.15. The van der Waals surface area contributed by atoms with Crippen LogP contribution in [0.5, 0.6) is 0 Å². The van der Waals surface area contributed by atoms with E-state index < -0.39 is 0 Å². The molecule has 1 aliphatic heterocycles. The van der Waals surface area contributed by atoms with Crippen molar-refractivity contribution in [2.45, 2.75) is 20.3 Å². The van der Waals surface area contributed by atoms with Gasteiger partial charge in [-0.1, -0.05) is 25.2 Å². The van der Waals surface area contributed by atoms with Gasteiger partial charge in [0.2, 0.25) is 0 Å². The predicted molar refractivity (Wildman–Crippen MR) is 53.7 cm³/mol. The summed E-state index contributed by atoms with van der Waals surface area (Å²) in [6.07, 6.45) is 7.55. The highest BCUT2D eigenvalue weighted by molar-refractivity contribution is 8.03. The average molecular weight is 166 g/mol. The fourth-order valence-electron chi connectivity index (χ4n) is 0.999. The highest BCUT2D eigenvalue weighted by atomic mass is 32.2. The van der Waals surface area contributed by atoms with E-state index in [9.17, 15) is 0 Å². The highest BCUT2D eigenvalue weighted by Gasteiger charge is 2.08. The van der Waals surface area contributed by atoms with Gasteiger partial charge in [-0.2, -0.15) is 0 Å². The van der Waals surface area contributed by atoms with Crippen molar-refractivity contribution in [2.24, 2.45) is 0 Å². The van der Waals surface area contributed by atoms with Crippen LogP contribution in [0.1, 0.15) is 20.3 Å². The average Bonchev–Trinajstić information content (AvgIpc) is 1.93. The van der Waals surface area contributed by atoms with Crippen LogP contribution >= 0.6 is 11.8 Å². The summed E-state index contributed by atoms with van der Waals surface area (Å²) in [5.74, 6) is 1.21. The van der Waals surface area contributed by atoms with Gasteiger partial charge in [0.05, 0.1) is 0 Å². The van der Waals surface area contributed by atoms with Crippen molar-refractivity contribution >= 4 is 11.8 Å². The van der Waals surface area contributed by atoms with Crippen LogP contribution in [0.15, 0.2) is 34.8 Å². The second-order valence-electron chi connectivity index (χ2n) is 2.53. The summed E-state index contributed by atoms with van der Waals surface area (Å²) in [6, 6.07) is 0. The summed E-state index contributed by atoms with van der Waals surface area (Å²) < 4.78 is 0. The van der Waals surface area contributed by atoms with Gasteiger partial charge in [0, 0.05) is 5.75 Å². The van der Waals surface area contributed by atoms with Gasteiger partial charge in [-0.25, -0.2) is 0 Å². The van der Waals surface area contributed by atoms with E-state index in [0.717, 1.165) is 6.42 Å². The number of hydrogen-bond acceptors (Lipinski definition) is 1. The topological polar surface area (TPSA) is 0 Å². The zero-order valence-electron chi connectivity index (χ0n) is 7.13. The Labute approximate surface area is 73.1 Å². The molecule has 0 saturated carbocycles. The molecule has 1 aliphatic rings. The normalized spacial score (nSPS) is 18.4. The smallest absolute Gasteiger partial charge is 0.0233 e. The number of rotatable bonds is 3. The third-order valence-corrected chi connectivity index (χ3v) is 2.68. The van der Waals surface area contributed by atoms with Crippen LogP contribution in [0.4, 0.5) is 0 Å². The van der Waals surface area contributed by atoms with Crippen LogP contribution < -0.4 is 0 Å². The Morgan fingerprint density at radius 2 is 2.45 bits per heavy atom. The summed E-state index contributed by atoms with van der Waals surface area (Å²) in [7, 11) is 0. The first-order valence-electron chi connectivity index (χ1n) is 4.01. The molecule has 0 aromatic carbocycles. The monoisotopic (exact) mass is 166 g/mol. The molecule has 0 N–H and O–H groups in total. The molecule has 0 nitrogen and oxygen atoms in total. The summed E-state index contributed by atoms with van der Waals surface area (Å²) >= 11 is 1.90. The molecule has 1 heterocycles. The Morgan fingerprint density at radius 1 is 1.73 bits per heavy atom. The molecule has 1 heteroatoms. The van der Waals surface area contributed by atoms with Gasteiger partial charge in [-0.15, -0.1) is 11.8 Å². The van der Waals surface area contributed by atoms with Crippen molar-refractivity contribution in [3.05, 3.63) is 34.8 Å². The lowest BCUT2D eigenvalue weighted by Crippen LogP contribution is -1.97. The van der Waals surface area contributed by atoms with Crippen LogP contribution in [0, 0.1) is 0 Å². The molecule has 0 spiro atoms. The Kier molecular flexibility index (Phi) is 3.50. The molecular formula is C10H14S. The van der Waals surface area contributed by atoms with Gasteiger partial charge in [0.1, 0.15) is 0 Å². The van der Waals surface area contributed by atoms with Crippen molar-refractivity contribution in [1.82, 2.24) is 0 Å². The van der Waals surface area contributed by atoms with Gasteiger partial charge in [-0.3, -0.25) is 0 Å². The van der Waals surface area contributed by atoms with E-state index in [1.807, 2.05) is 18.7 Å². The number of allylic oxidation sites excluding steroid dienone is 4. The van der Waals surface area contributed by atoms with E-state index >= 15 is 0 Å². The van der Waals surface area contributed by atoms with E-state index in [2.05, 4.69) is 30.6 Å². The fourth-order valence-corrected chi connectivity index (χ4v) is 1.67. The van der Waals surface area contributed by atoms with Crippen molar-refractivity contribution in [2.75, 3.05) is 5.75 Å². The van der Waals surface area contributed by atoms with Crippen LogP contribution in [-0.4, -0.2) is 5.75 Å². The standard InChI is InChI=1S/C10H14S/c1-3-5-6-9(4-2)10-7-11-8-10/h3,5-7H,4,8H2,1-2H3/b5-3-,9-6+. The van der Waals surface area contributed by atoms with Crippen molar-refractivity contribution < 1.29 is 0 Å². The van der Waals surface area contributed by atoms with Crippen LogP contribution in [0.25, 0.3) is 0 Å². The molecule has 0 fully saturated rings. The maximum atomic E-state index is 2.25. The summed E-state index contributed by atoms with van der Waals surface area (Å²) in [5, 5.41) is 2.25. The summed E-state index contributed by atoms with van der Waals surface area (Å²) in [5.41, 5.74) is 3.01. The quantitative estimate of drug-likeness (QED) is 0.578. The lowest BCUT2D eigenvalue weighted by atomic mass is 10.1. The lowest BCUT2D eigenvalue weighted by molar-refractivity contribution is 1.10. The maximum Gasteiger partial charge on any atom is 0.0233 e. The Balaban J connectivity index is 2.62. The first kappa shape index (κ1) is 8.66. The van der Waals surface area contributed by atoms with E-state index in [0.29, 0.717) is 0 Å². The predicted octanol–water partition coefficient (Wildman–Crippen LogP) is 3.53. The van der Waals surface area contributed by atoms with E-state index in [-0.39, 0.29) is 0 Å². The molecule has 0 unspecified atom stereocenters. The minimum atomic E-state index is 1.15. The second-order valence-corrected chi connectivity index (χ2v) is 3.38. The van der Waals surface area contributed by atoms with E-state index in [1.165, 1.54) is 16.9 Å². The Hall–Kier alpha value is -0.430. The maximum absolute atomic E-state index is 2.25. The molecule has 60 valence electrons. The van der Waals surface area contributed by atoms with Crippen molar-refractivity contribution in [3.8, 4) is 0 Å². The first-order chi connectivity index (χ1) is 5.38. The summed E-state index contributed by atoms with van der Waals surface area (Å²) in [4.78, 5) is 0. The first-order valence-corrected chi connectivity index (χ1v) is 5.06. The van der Waals surface area contributed by atoms with Gasteiger partial charge in [0.25, 0.3) is 0 Å². The van der Waals surface area contributed by atoms with Crippen LogP contribution in [0.2, 0.25) is 0 Å². The largest absolute Gasteiger partial charge is 0.129 e.